The van der Waals surface area contributed by atoms with Crippen molar-refractivity contribution in [2.24, 2.45) is 0 Å². The summed E-state index contributed by atoms with van der Waals surface area (Å²) in [5.41, 5.74) is 0.804. The van der Waals surface area contributed by atoms with E-state index in [1.165, 1.54) is 30.0 Å². The van der Waals surface area contributed by atoms with Crippen LogP contribution >= 0.6 is 23.4 Å². The Hall–Kier alpha value is -1.70. The Morgan fingerprint density at radius 3 is 2.52 bits per heavy atom. The molecule has 0 saturated carbocycles. The van der Waals surface area contributed by atoms with E-state index < -0.39 is 10.0 Å². The van der Waals surface area contributed by atoms with E-state index >= 15 is 0 Å². The third-order valence-electron chi connectivity index (χ3n) is 4.43. The number of halogens is 1. The minimum atomic E-state index is -3.83. The average molecular weight is 425 g/mol. The van der Waals surface area contributed by atoms with Gasteiger partial charge in [-0.2, -0.15) is 0 Å². The predicted molar refractivity (Wildman–Crippen MR) is 110 cm³/mol. The Kier molecular flexibility index (Phi) is 6.34. The van der Waals surface area contributed by atoms with E-state index in [0.717, 1.165) is 24.2 Å². The first kappa shape index (κ1) is 20.0. The molecule has 0 unspecified atom stereocenters. The van der Waals surface area contributed by atoms with E-state index in [9.17, 15) is 13.2 Å². The van der Waals surface area contributed by atoms with Gasteiger partial charge < -0.3 is 4.90 Å². The molecule has 0 bridgehead atoms. The van der Waals surface area contributed by atoms with Gasteiger partial charge in [0.2, 0.25) is 0 Å². The van der Waals surface area contributed by atoms with Crippen molar-refractivity contribution in [1.29, 1.82) is 0 Å². The highest BCUT2D eigenvalue weighted by Gasteiger charge is 2.24. The molecule has 144 valence electrons. The summed E-state index contributed by atoms with van der Waals surface area (Å²) >= 11 is 7.36. The van der Waals surface area contributed by atoms with Crippen molar-refractivity contribution in [1.82, 2.24) is 4.90 Å². The predicted octanol–water partition coefficient (Wildman–Crippen LogP) is 4.49. The Labute approximate surface area is 169 Å². The summed E-state index contributed by atoms with van der Waals surface area (Å²) in [4.78, 5) is 15.6. The minimum absolute atomic E-state index is 0.0561. The van der Waals surface area contributed by atoms with Crippen molar-refractivity contribution in [2.45, 2.75) is 29.1 Å². The number of thioether (sulfide) groups is 1. The molecule has 0 atom stereocenters. The molecule has 1 fully saturated rings. The van der Waals surface area contributed by atoms with Gasteiger partial charge in [0.15, 0.2) is 0 Å². The van der Waals surface area contributed by atoms with E-state index in [1.807, 2.05) is 6.26 Å². The second-order valence-electron chi connectivity index (χ2n) is 6.33. The Bertz CT molecular complexity index is 942. The highest BCUT2D eigenvalue weighted by atomic mass is 35.5. The van der Waals surface area contributed by atoms with E-state index in [0.29, 0.717) is 29.4 Å². The molecule has 8 heteroatoms. The van der Waals surface area contributed by atoms with Gasteiger partial charge in [-0.05, 0) is 61.9 Å². The molecule has 1 aliphatic rings. The molecule has 0 radical (unpaired) electrons. The van der Waals surface area contributed by atoms with Gasteiger partial charge in [0.05, 0.1) is 16.1 Å². The third kappa shape index (κ3) is 4.78. The first-order valence-corrected chi connectivity index (χ1v) is 11.7. The monoisotopic (exact) mass is 424 g/mol. The lowest BCUT2D eigenvalue weighted by atomic mass is 10.1. The number of amides is 1. The Morgan fingerprint density at radius 1 is 1.11 bits per heavy atom. The number of benzene rings is 2. The van der Waals surface area contributed by atoms with Gasteiger partial charge in [-0.3, -0.25) is 9.52 Å². The third-order valence-corrected chi connectivity index (χ3v) is 6.84. The SMILES string of the molecule is CSc1ccc(S(=O)(=O)Nc2cccc(Cl)c2)cc1C(=O)N1CCCCC1. The average Bonchev–Trinajstić information content (AvgIpc) is 2.67. The summed E-state index contributed by atoms with van der Waals surface area (Å²) < 4.78 is 28.1. The largest absolute Gasteiger partial charge is 0.339 e. The number of sulfonamides is 1. The zero-order chi connectivity index (χ0) is 19.4. The van der Waals surface area contributed by atoms with Crippen LogP contribution in [0.5, 0.6) is 0 Å². The summed E-state index contributed by atoms with van der Waals surface area (Å²) in [7, 11) is -3.83. The number of piperidine rings is 1. The van der Waals surface area contributed by atoms with Gasteiger partial charge in [0, 0.05) is 23.0 Å². The number of hydrogen-bond acceptors (Lipinski definition) is 4. The minimum Gasteiger partial charge on any atom is -0.339 e. The molecule has 1 aliphatic heterocycles. The van der Waals surface area contributed by atoms with E-state index in [4.69, 9.17) is 11.6 Å². The van der Waals surface area contributed by atoms with Crippen molar-refractivity contribution in [2.75, 3.05) is 24.1 Å². The summed E-state index contributed by atoms with van der Waals surface area (Å²) in [6.45, 7) is 1.43. The van der Waals surface area contributed by atoms with Crippen molar-refractivity contribution < 1.29 is 13.2 Å². The van der Waals surface area contributed by atoms with Crippen LogP contribution in [0.3, 0.4) is 0 Å². The lowest BCUT2D eigenvalue weighted by molar-refractivity contribution is 0.0720. The van der Waals surface area contributed by atoms with Crippen LogP contribution in [0.15, 0.2) is 52.3 Å². The number of carbonyl (C=O) groups is 1. The maximum atomic E-state index is 12.9. The van der Waals surface area contributed by atoms with Crippen LogP contribution in [0.4, 0.5) is 5.69 Å². The summed E-state index contributed by atoms with van der Waals surface area (Å²) in [5, 5.41) is 0.439. The molecule has 0 aromatic heterocycles. The lowest BCUT2D eigenvalue weighted by Gasteiger charge is -2.27. The molecule has 0 spiro atoms. The lowest BCUT2D eigenvalue weighted by Crippen LogP contribution is -2.36. The number of anilines is 1. The summed E-state index contributed by atoms with van der Waals surface area (Å²) in [6, 6.07) is 11.2. The van der Waals surface area contributed by atoms with E-state index in [-0.39, 0.29) is 10.8 Å². The van der Waals surface area contributed by atoms with Crippen LogP contribution < -0.4 is 4.72 Å². The van der Waals surface area contributed by atoms with Gasteiger partial charge in [-0.1, -0.05) is 17.7 Å². The maximum Gasteiger partial charge on any atom is 0.261 e. The number of rotatable bonds is 5. The fraction of sp³-hybridized carbons (Fsp3) is 0.316. The van der Waals surface area contributed by atoms with Crippen LogP contribution in [-0.4, -0.2) is 38.6 Å². The van der Waals surface area contributed by atoms with Gasteiger partial charge in [0.1, 0.15) is 0 Å². The highest BCUT2D eigenvalue weighted by Crippen LogP contribution is 2.27. The molecular formula is C19H21ClN2O3S2. The number of nitrogens with zero attached hydrogens (tertiary/aromatic N) is 1. The second-order valence-corrected chi connectivity index (χ2v) is 9.30. The zero-order valence-corrected chi connectivity index (χ0v) is 17.3. The molecule has 5 nitrogen and oxygen atoms in total. The van der Waals surface area contributed by atoms with Crippen molar-refractivity contribution in [3.8, 4) is 0 Å². The van der Waals surface area contributed by atoms with Gasteiger partial charge in [-0.25, -0.2) is 8.42 Å². The maximum absolute atomic E-state index is 12.9. The van der Waals surface area contributed by atoms with Crippen LogP contribution in [-0.2, 0) is 10.0 Å². The Morgan fingerprint density at radius 2 is 1.85 bits per heavy atom. The van der Waals surface area contributed by atoms with Crippen molar-refractivity contribution >= 4 is 45.0 Å². The summed E-state index contributed by atoms with van der Waals surface area (Å²) in [5.74, 6) is -0.112. The van der Waals surface area contributed by atoms with Crippen LogP contribution in [0.1, 0.15) is 29.6 Å². The quantitative estimate of drug-likeness (QED) is 0.718. The van der Waals surface area contributed by atoms with Crippen molar-refractivity contribution in [3.05, 3.63) is 53.1 Å². The number of hydrogen-bond donors (Lipinski definition) is 1. The molecule has 3 rings (SSSR count). The fourth-order valence-electron chi connectivity index (χ4n) is 3.05. The number of carbonyl (C=O) groups excluding carboxylic acids is 1. The molecule has 1 N–H and O–H groups in total. The van der Waals surface area contributed by atoms with Crippen LogP contribution in [0.2, 0.25) is 5.02 Å². The molecule has 2 aromatic rings. The summed E-state index contributed by atoms with van der Waals surface area (Å²) in [6.07, 6.45) is 4.96. The molecule has 2 aromatic carbocycles. The normalized spacial score (nSPS) is 14.8. The molecule has 1 heterocycles. The van der Waals surface area contributed by atoms with Crippen LogP contribution in [0, 0.1) is 0 Å². The first-order valence-electron chi connectivity index (χ1n) is 8.66. The number of likely N-dealkylation sites (tertiary alicyclic amines) is 1. The van der Waals surface area contributed by atoms with Gasteiger partial charge in [0.25, 0.3) is 15.9 Å². The van der Waals surface area contributed by atoms with Gasteiger partial charge >= 0.3 is 0 Å². The molecular weight excluding hydrogens is 404 g/mol. The Balaban J connectivity index is 1.92. The highest BCUT2D eigenvalue weighted by molar-refractivity contribution is 7.98. The van der Waals surface area contributed by atoms with Gasteiger partial charge in [-0.15, -0.1) is 11.8 Å². The first-order chi connectivity index (χ1) is 12.9. The molecule has 1 saturated heterocycles. The fourth-order valence-corrected chi connectivity index (χ4v) is 4.89. The van der Waals surface area contributed by atoms with E-state index in [1.54, 1.807) is 29.2 Å². The smallest absolute Gasteiger partial charge is 0.261 e. The van der Waals surface area contributed by atoms with Crippen molar-refractivity contribution in [3.63, 3.8) is 0 Å². The zero-order valence-electron chi connectivity index (χ0n) is 14.9. The van der Waals surface area contributed by atoms with E-state index in [2.05, 4.69) is 4.72 Å². The topological polar surface area (TPSA) is 66.5 Å². The molecule has 1 amide bonds. The standard InChI is InChI=1S/C19H21ClN2O3S2/c1-26-18-9-8-16(13-17(18)19(23)22-10-3-2-4-11-22)27(24,25)21-15-7-5-6-14(20)12-15/h5-9,12-13,21H,2-4,10-11H2,1H3. The van der Waals surface area contributed by atoms with Crippen LogP contribution in [0.25, 0.3) is 0 Å². The second kappa shape index (κ2) is 8.54. The molecule has 0 aliphatic carbocycles. The molecule has 27 heavy (non-hydrogen) atoms. The number of nitrogens with one attached hydrogen (secondary N) is 1.